The molecule has 0 aliphatic carbocycles. The van der Waals surface area contributed by atoms with Crippen LogP contribution in [0, 0.1) is 6.92 Å². The van der Waals surface area contributed by atoms with Crippen LogP contribution in [0.5, 0.6) is 11.5 Å². The molecule has 5 N–H and O–H groups in total. The van der Waals surface area contributed by atoms with Crippen LogP contribution in [-0.2, 0) is 28.9 Å². The number of anilines is 2. The number of rotatable bonds is 15. The third kappa shape index (κ3) is 9.04. The van der Waals surface area contributed by atoms with E-state index in [-0.39, 0.29) is 16.3 Å². The van der Waals surface area contributed by atoms with Gasteiger partial charge in [-0.2, -0.15) is 23.4 Å². The summed E-state index contributed by atoms with van der Waals surface area (Å²) in [5, 5.41) is 68.4. The van der Waals surface area contributed by atoms with Crippen molar-refractivity contribution in [1.29, 1.82) is 0 Å². The second kappa shape index (κ2) is 18.2. The number of hydrogen-bond acceptors (Lipinski definition) is 19. The first-order chi connectivity index (χ1) is 30.0. The van der Waals surface area contributed by atoms with Gasteiger partial charge in [-0.1, -0.05) is 34.3 Å². The minimum absolute atomic E-state index is 0.0569. The summed E-state index contributed by atoms with van der Waals surface area (Å²) in [6.07, 6.45) is 0. The van der Waals surface area contributed by atoms with E-state index < -0.39 is 15.0 Å². The van der Waals surface area contributed by atoms with Crippen molar-refractivity contribution in [3.63, 3.8) is 0 Å². The van der Waals surface area contributed by atoms with Crippen molar-refractivity contribution in [1.82, 2.24) is 15.0 Å². The predicted octanol–water partition coefficient (Wildman–Crippen LogP) is 11.4. The molecule has 0 amide bonds. The monoisotopic (exact) mass is 894 g/mol. The maximum absolute atomic E-state index is 12.0. The van der Waals surface area contributed by atoms with E-state index in [9.17, 15) is 18.1 Å². The minimum atomic E-state index is -4.61. The van der Waals surface area contributed by atoms with Crippen LogP contribution >= 0.6 is 24.1 Å². The number of phenolic OH excluding ortho intramolecular Hbond substituents is 1. The number of phenols is 1. The van der Waals surface area contributed by atoms with E-state index in [1.807, 2.05) is 49.4 Å². The first kappa shape index (κ1) is 42.1. The van der Waals surface area contributed by atoms with Crippen molar-refractivity contribution in [2.75, 3.05) is 12.4 Å². The summed E-state index contributed by atoms with van der Waals surface area (Å²) in [4.78, 5) is 1.47. The molecule has 22 heteroatoms. The molecule has 0 atom stereocenters. The Morgan fingerprint density at radius 1 is 0.710 bits per heavy atom. The zero-order valence-corrected chi connectivity index (χ0v) is 34.4. The first-order valence-electron chi connectivity index (χ1n) is 17.9. The fourth-order valence-electron chi connectivity index (χ4n) is 6.35. The molecule has 0 aliphatic rings. The molecule has 0 radical (unpaired) electrons. The van der Waals surface area contributed by atoms with Crippen LogP contribution < -0.4 is 10.1 Å². The molecular weight excluding hydrogens is 865 g/mol. The summed E-state index contributed by atoms with van der Waals surface area (Å²) < 4.78 is 48.7. The Balaban J connectivity index is 1.03. The molecule has 1 heterocycles. The van der Waals surface area contributed by atoms with Crippen molar-refractivity contribution in [3.05, 3.63) is 121 Å². The zero-order chi connectivity index (χ0) is 43.4. The summed E-state index contributed by atoms with van der Waals surface area (Å²) in [5.74, 6) is 0.139. The number of para-hydroxylation sites is 1. The van der Waals surface area contributed by atoms with E-state index >= 15 is 0 Å². The fourth-order valence-corrected chi connectivity index (χ4v) is 8.00. The number of aromatic nitrogens is 3. The maximum atomic E-state index is 12.0. The second-order valence-electron chi connectivity index (χ2n) is 13.1. The molecule has 0 spiro atoms. The van der Waals surface area contributed by atoms with E-state index in [1.54, 1.807) is 60.7 Å². The molecule has 8 aromatic rings. The lowest BCUT2D eigenvalue weighted by molar-refractivity contribution is -0.432. The standard InChI is InChI=1S/C40H30N8O11S3/c1-22-16-34(44-45-39-37(61-59-57-51)18-23-17-26(10-13-29(23)40(39)49)41-24-6-4-3-5-7-24)35(55-2)21-33(22)43-42-25-8-11-27(12-9-25)48-46-32-15-14-30-31(38(32)47-48)19-28(62(52,53)54)20-36(30)60-58-56-50/h3-21,41,49-51H,1-2H3,(H,52,53,54). The highest BCUT2D eigenvalue weighted by Gasteiger charge is 2.20. The van der Waals surface area contributed by atoms with Crippen molar-refractivity contribution < 1.29 is 52.1 Å². The number of hydrogen-bond donors (Lipinski definition) is 5. The summed E-state index contributed by atoms with van der Waals surface area (Å²) in [5.41, 5.74) is 5.02. The highest BCUT2D eigenvalue weighted by molar-refractivity contribution is 7.95. The third-order valence-corrected chi connectivity index (χ3v) is 11.3. The van der Waals surface area contributed by atoms with Gasteiger partial charge in [0.25, 0.3) is 10.1 Å². The first-order valence-corrected chi connectivity index (χ1v) is 20.8. The smallest absolute Gasteiger partial charge is 0.294 e. The van der Waals surface area contributed by atoms with Gasteiger partial charge in [0.1, 0.15) is 28.2 Å². The molecule has 314 valence electrons. The van der Waals surface area contributed by atoms with E-state index in [1.165, 1.54) is 24.0 Å². The molecular formula is C40H30N8O11S3. The van der Waals surface area contributed by atoms with Gasteiger partial charge in [0.05, 0.1) is 58.0 Å². The number of fused-ring (bicyclic) bond motifs is 4. The van der Waals surface area contributed by atoms with Crippen molar-refractivity contribution in [3.8, 4) is 17.2 Å². The van der Waals surface area contributed by atoms with Gasteiger partial charge >= 0.3 is 0 Å². The van der Waals surface area contributed by atoms with Gasteiger partial charge in [-0.25, -0.2) is 10.5 Å². The molecule has 62 heavy (non-hydrogen) atoms. The van der Waals surface area contributed by atoms with Crippen LogP contribution in [-0.4, -0.2) is 50.7 Å². The molecule has 0 saturated carbocycles. The molecule has 0 aliphatic heterocycles. The Morgan fingerprint density at radius 3 is 2.16 bits per heavy atom. The van der Waals surface area contributed by atoms with E-state index in [4.69, 9.17) is 19.6 Å². The Morgan fingerprint density at radius 2 is 1.44 bits per heavy atom. The molecule has 0 unspecified atom stereocenters. The van der Waals surface area contributed by atoms with E-state index in [0.29, 0.717) is 95.6 Å². The number of nitrogens with one attached hydrogen (secondary N) is 1. The lowest BCUT2D eigenvalue weighted by Crippen LogP contribution is -1.99. The summed E-state index contributed by atoms with van der Waals surface area (Å²) in [7, 11) is -3.15. The molecule has 7 aromatic carbocycles. The van der Waals surface area contributed by atoms with Gasteiger partial charge in [0.2, 0.25) is 0 Å². The van der Waals surface area contributed by atoms with E-state index in [2.05, 4.69) is 50.4 Å². The summed E-state index contributed by atoms with van der Waals surface area (Å²) >= 11 is 1.17. The highest BCUT2D eigenvalue weighted by atomic mass is 32.2. The van der Waals surface area contributed by atoms with Crippen molar-refractivity contribution in [2.45, 2.75) is 21.6 Å². The maximum Gasteiger partial charge on any atom is 0.294 e. The van der Waals surface area contributed by atoms with Crippen LogP contribution in [0.3, 0.4) is 0 Å². The molecule has 1 aromatic heterocycles. The molecule has 0 fully saturated rings. The van der Waals surface area contributed by atoms with Gasteiger partial charge in [0.15, 0.2) is 5.75 Å². The van der Waals surface area contributed by atoms with E-state index in [0.717, 1.165) is 11.4 Å². The number of azo groups is 2. The largest absolute Gasteiger partial charge is 0.505 e. The predicted molar refractivity (Wildman–Crippen MR) is 229 cm³/mol. The van der Waals surface area contributed by atoms with Crippen LogP contribution in [0.2, 0.25) is 0 Å². The van der Waals surface area contributed by atoms with Crippen LogP contribution in [0.4, 0.5) is 34.1 Å². The molecule has 8 rings (SSSR count). The molecule has 0 bridgehead atoms. The van der Waals surface area contributed by atoms with Gasteiger partial charge in [-0.3, -0.25) is 4.55 Å². The van der Waals surface area contributed by atoms with Crippen molar-refractivity contribution in [2.24, 2.45) is 20.5 Å². The minimum Gasteiger partial charge on any atom is -0.505 e. The second-order valence-corrected chi connectivity index (χ2v) is 16.0. The number of nitrogens with zero attached hydrogens (tertiary/aromatic N) is 7. The quantitative estimate of drug-likeness (QED) is 0.0211. The fraction of sp³-hybridized carbons (Fsp3) is 0.0500. The van der Waals surface area contributed by atoms with Crippen LogP contribution in [0.25, 0.3) is 38.3 Å². The zero-order valence-electron chi connectivity index (χ0n) is 32.0. The molecule has 19 nitrogen and oxygen atoms in total. The van der Waals surface area contributed by atoms with Crippen molar-refractivity contribution >= 4 is 101 Å². The normalized spacial score (nSPS) is 12.1. The van der Waals surface area contributed by atoms with Gasteiger partial charge in [-0.15, -0.1) is 29.1 Å². The number of aryl methyl sites for hydroxylation is 1. The third-order valence-electron chi connectivity index (χ3n) is 9.25. The Kier molecular flexibility index (Phi) is 12.4. The highest BCUT2D eigenvalue weighted by Crippen LogP contribution is 2.46. The average molecular weight is 895 g/mol. The summed E-state index contributed by atoms with van der Waals surface area (Å²) in [6, 6.07) is 32.7. The SMILES string of the molecule is COc1cc(N=Nc2ccc(-n3nc4ccc5c(SOOO)cc(S(=O)(=O)O)cc5c4n3)cc2)c(C)cc1N=Nc1c(SOOO)cc2cc(Nc3ccccc3)ccc2c1O. The average Bonchev–Trinajstić information content (AvgIpc) is 3.72. The number of benzene rings is 7. The topological polar surface area (TPSA) is 253 Å². The van der Waals surface area contributed by atoms with Crippen LogP contribution in [0.15, 0.2) is 150 Å². The lowest BCUT2D eigenvalue weighted by atomic mass is 10.1. The number of ether oxygens (including phenoxy) is 1. The summed E-state index contributed by atoms with van der Waals surface area (Å²) in [6.45, 7) is 1.81. The Hall–Kier alpha value is -6.57. The van der Waals surface area contributed by atoms with Crippen LogP contribution in [0.1, 0.15) is 5.56 Å². The van der Waals surface area contributed by atoms with Gasteiger partial charge in [0, 0.05) is 38.5 Å². The number of aromatic hydroxyl groups is 1. The Bertz CT molecular complexity index is 3140. The number of methoxy groups -OCH3 is 1. The Labute approximate surface area is 359 Å². The van der Waals surface area contributed by atoms with Gasteiger partial charge < -0.3 is 15.2 Å². The van der Waals surface area contributed by atoms with Gasteiger partial charge in [-0.05, 0) is 103 Å². The lowest BCUT2D eigenvalue weighted by Gasteiger charge is -2.12. The molecule has 0 saturated heterocycles.